The summed E-state index contributed by atoms with van der Waals surface area (Å²) in [5, 5.41) is 10.7. The molecular weight excluding hydrogens is 382 g/mol. The molecule has 10 heteroatoms. The molecule has 0 bridgehead atoms. The summed E-state index contributed by atoms with van der Waals surface area (Å²) in [4.78, 5) is 33.5. The fourth-order valence-corrected chi connectivity index (χ4v) is 1.97. The summed E-state index contributed by atoms with van der Waals surface area (Å²) in [6.07, 6.45) is 0. The molecule has 114 valence electrons. The highest BCUT2D eigenvalue weighted by Crippen LogP contribution is 2.24. The minimum Gasteiger partial charge on any atom is -0.444 e. The second-order valence-electron chi connectivity index (χ2n) is 3.94. The molecule has 0 radical (unpaired) electrons. The number of rotatable bonds is 3. The molecule has 0 aliphatic heterocycles. The first-order chi connectivity index (χ1) is 10.4. The third kappa shape index (κ3) is 3.62. The molecule has 0 saturated heterocycles. The molecule has 0 unspecified atom stereocenters. The normalized spacial score (nSPS) is 10.1. The number of furan rings is 1. The molecule has 0 atom stereocenters. The SMILES string of the molecule is O=C(NNC(=O)c1ccc(Br)o1)c1ccc(Cl)c([N+](=O)[O-])c1. The van der Waals surface area contributed by atoms with E-state index in [1.54, 1.807) is 0 Å². The number of hydrazine groups is 1. The maximum absolute atomic E-state index is 11.8. The van der Waals surface area contributed by atoms with Crippen molar-refractivity contribution in [1.29, 1.82) is 0 Å². The van der Waals surface area contributed by atoms with Crippen molar-refractivity contribution >= 4 is 45.0 Å². The summed E-state index contributed by atoms with van der Waals surface area (Å²) in [6.45, 7) is 0. The number of carbonyl (C=O) groups is 2. The summed E-state index contributed by atoms with van der Waals surface area (Å²) in [5.74, 6) is -1.43. The Morgan fingerprint density at radius 1 is 1.18 bits per heavy atom. The van der Waals surface area contributed by atoms with Crippen LogP contribution in [0.2, 0.25) is 5.02 Å². The van der Waals surface area contributed by atoms with Crippen molar-refractivity contribution in [2.75, 3.05) is 0 Å². The average molecular weight is 389 g/mol. The Hall–Kier alpha value is -2.39. The number of carbonyl (C=O) groups excluding carboxylic acids is 2. The van der Waals surface area contributed by atoms with Gasteiger partial charge in [0.2, 0.25) is 0 Å². The molecule has 8 nitrogen and oxygen atoms in total. The number of nitro groups is 1. The topological polar surface area (TPSA) is 114 Å². The summed E-state index contributed by atoms with van der Waals surface area (Å²) < 4.78 is 5.35. The zero-order chi connectivity index (χ0) is 16.3. The second-order valence-corrected chi connectivity index (χ2v) is 5.12. The highest BCUT2D eigenvalue weighted by Gasteiger charge is 2.17. The van der Waals surface area contributed by atoms with E-state index in [1.165, 1.54) is 24.3 Å². The minimum atomic E-state index is -0.737. The average Bonchev–Trinajstić information content (AvgIpc) is 2.91. The fraction of sp³-hybridized carbons (Fsp3) is 0. The summed E-state index contributed by atoms with van der Waals surface area (Å²) in [7, 11) is 0. The van der Waals surface area contributed by atoms with Gasteiger partial charge in [-0.3, -0.25) is 30.6 Å². The molecule has 22 heavy (non-hydrogen) atoms. The van der Waals surface area contributed by atoms with Gasteiger partial charge in [0, 0.05) is 11.6 Å². The number of amides is 2. The molecule has 1 heterocycles. The largest absolute Gasteiger partial charge is 0.444 e. The third-order valence-corrected chi connectivity index (χ3v) is 3.24. The van der Waals surface area contributed by atoms with Gasteiger partial charge >= 0.3 is 5.91 Å². The summed E-state index contributed by atoms with van der Waals surface area (Å²) >= 11 is 8.68. The van der Waals surface area contributed by atoms with Crippen molar-refractivity contribution in [3.63, 3.8) is 0 Å². The van der Waals surface area contributed by atoms with Crippen molar-refractivity contribution in [1.82, 2.24) is 10.9 Å². The highest BCUT2D eigenvalue weighted by atomic mass is 79.9. The third-order valence-electron chi connectivity index (χ3n) is 2.49. The Morgan fingerprint density at radius 2 is 1.86 bits per heavy atom. The van der Waals surface area contributed by atoms with Gasteiger partial charge in [0.1, 0.15) is 5.02 Å². The van der Waals surface area contributed by atoms with Crippen molar-refractivity contribution in [2.45, 2.75) is 0 Å². The lowest BCUT2D eigenvalue weighted by molar-refractivity contribution is -0.384. The number of nitro benzene ring substituents is 1. The van der Waals surface area contributed by atoms with Crippen molar-refractivity contribution in [3.05, 3.63) is 61.5 Å². The van der Waals surface area contributed by atoms with Gasteiger partial charge in [-0.2, -0.15) is 0 Å². The van der Waals surface area contributed by atoms with Crippen LogP contribution in [-0.4, -0.2) is 16.7 Å². The molecule has 2 amide bonds. The van der Waals surface area contributed by atoms with Crippen LogP contribution in [-0.2, 0) is 0 Å². The van der Waals surface area contributed by atoms with E-state index < -0.39 is 22.4 Å². The lowest BCUT2D eigenvalue weighted by atomic mass is 10.2. The van der Waals surface area contributed by atoms with Crippen molar-refractivity contribution < 1.29 is 18.9 Å². The van der Waals surface area contributed by atoms with Gasteiger partial charge in [0.15, 0.2) is 10.4 Å². The molecule has 0 spiro atoms. The first-order valence-electron chi connectivity index (χ1n) is 5.68. The van der Waals surface area contributed by atoms with E-state index in [2.05, 4.69) is 26.8 Å². The summed E-state index contributed by atoms with van der Waals surface area (Å²) in [6, 6.07) is 6.44. The maximum Gasteiger partial charge on any atom is 0.305 e. The van der Waals surface area contributed by atoms with Crippen LogP contribution in [0.1, 0.15) is 20.9 Å². The van der Waals surface area contributed by atoms with Crippen LogP contribution in [0.3, 0.4) is 0 Å². The molecule has 1 aromatic carbocycles. The van der Waals surface area contributed by atoms with Crippen LogP contribution >= 0.6 is 27.5 Å². The van der Waals surface area contributed by atoms with E-state index in [4.69, 9.17) is 16.0 Å². The Balaban J connectivity index is 2.05. The van der Waals surface area contributed by atoms with Crippen molar-refractivity contribution in [3.8, 4) is 0 Å². The van der Waals surface area contributed by atoms with Gasteiger partial charge < -0.3 is 4.42 Å². The second kappa shape index (κ2) is 6.58. The van der Waals surface area contributed by atoms with E-state index in [9.17, 15) is 19.7 Å². The number of hydrogen-bond donors (Lipinski definition) is 2. The lowest BCUT2D eigenvalue weighted by Gasteiger charge is -2.06. The number of nitrogens with one attached hydrogen (secondary N) is 2. The number of halogens is 2. The predicted octanol–water partition coefficient (Wildman–Crippen LogP) is 2.68. The van der Waals surface area contributed by atoms with Gasteiger partial charge in [-0.25, -0.2) is 0 Å². The molecule has 0 aliphatic rings. The minimum absolute atomic E-state index is 0.0192. The molecular formula is C12H7BrClN3O5. The van der Waals surface area contributed by atoms with Crippen molar-refractivity contribution in [2.24, 2.45) is 0 Å². The Bertz CT molecular complexity index is 761. The van der Waals surface area contributed by atoms with E-state index in [1.807, 2.05) is 0 Å². The number of nitrogens with zero attached hydrogens (tertiary/aromatic N) is 1. The van der Waals surface area contributed by atoms with Gasteiger partial charge in [-0.15, -0.1) is 0 Å². The Labute approximate surface area is 136 Å². The molecule has 0 fully saturated rings. The molecule has 0 aliphatic carbocycles. The highest BCUT2D eigenvalue weighted by molar-refractivity contribution is 9.10. The predicted molar refractivity (Wildman–Crippen MR) is 79.4 cm³/mol. The monoisotopic (exact) mass is 387 g/mol. The number of benzene rings is 1. The van der Waals surface area contributed by atoms with Crippen LogP contribution in [0.25, 0.3) is 0 Å². The van der Waals surface area contributed by atoms with Gasteiger partial charge in [-0.1, -0.05) is 11.6 Å². The van der Waals surface area contributed by atoms with E-state index in [-0.39, 0.29) is 16.3 Å². The van der Waals surface area contributed by atoms with Crippen LogP contribution in [0.15, 0.2) is 39.4 Å². The summed E-state index contributed by atoms with van der Waals surface area (Å²) in [5.41, 5.74) is 3.79. The first-order valence-corrected chi connectivity index (χ1v) is 6.85. The maximum atomic E-state index is 11.8. The van der Waals surface area contributed by atoms with E-state index in [0.29, 0.717) is 4.67 Å². The number of hydrogen-bond acceptors (Lipinski definition) is 5. The van der Waals surface area contributed by atoms with Crippen LogP contribution in [0.4, 0.5) is 5.69 Å². The molecule has 2 N–H and O–H groups in total. The van der Waals surface area contributed by atoms with E-state index >= 15 is 0 Å². The van der Waals surface area contributed by atoms with E-state index in [0.717, 1.165) is 6.07 Å². The molecule has 2 rings (SSSR count). The smallest absolute Gasteiger partial charge is 0.305 e. The Morgan fingerprint density at radius 3 is 2.45 bits per heavy atom. The van der Waals surface area contributed by atoms with Crippen LogP contribution in [0.5, 0.6) is 0 Å². The zero-order valence-corrected chi connectivity index (χ0v) is 13.0. The molecule has 0 saturated carbocycles. The van der Waals surface area contributed by atoms with Gasteiger partial charge in [0.25, 0.3) is 11.6 Å². The van der Waals surface area contributed by atoms with Gasteiger partial charge in [-0.05, 0) is 40.2 Å². The molecule has 2 aromatic rings. The Kier molecular flexibility index (Phi) is 4.78. The standard InChI is InChI=1S/C12H7BrClN3O5/c13-10-4-3-9(22-10)12(19)16-15-11(18)6-1-2-7(14)8(5-6)17(20)21/h1-5H,(H,15,18)(H,16,19). The fourth-order valence-electron chi connectivity index (χ4n) is 1.48. The lowest BCUT2D eigenvalue weighted by Crippen LogP contribution is -2.41. The zero-order valence-electron chi connectivity index (χ0n) is 10.6. The van der Waals surface area contributed by atoms with Gasteiger partial charge in [0.05, 0.1) is 4.92 Å². The molecule has 1 aromatic heterocycles. The van der Waals surface area contributed by atoms with Crippen LogP contribution in [0, 0.1) is 10.1 Å². The first kappa shape index (κ1) is 16.0. The quantitative estimate of drug-likeness (QED) is 0.620. The van der Waals surface area contributed by atoms with Crippen LogP contribution < -0.4 is 10.9 Å².